The molecule has 0 aliphatic rings. The molecule has 1 N–H and O–H groups in total. The average molecular weight is 256 g/mol. The molecule has 0 spiro atoms. The molecular weight excluding hydrogens is 249 g/mol. The second-order valence-electron chi connectivity index (χ2n) is 3.24. The fourth-order valence-corrected chi connectivity index (χ4v) is 1.20. The van der Waals surface area contributed by atoms with Crippen LogP contribution >= 0.6 is 0 Å². The minimum absolute atomic E-state index is 0.171. The first-order chi connectivity index (χ1) is 8.36. The van der Waals surface area contributed by atoms with Gasteiger partial charge in [-0.1, -0.05) is 11.8 Å². The summed E-state index contributed by atoms with van der Waals surface area (Å²) in [6.45, 7) is 0. The number of carbonyl (C=O) groups excluding carboxylic acids is 1. The van der Waals surface area contributed by atoms with Crippen LogP contribution in [-0.4, -0.2) is 17.4 Å². The number of carboxylic acids is 1. The van der Waals surface area contributed by atoms with Gasteiger partial charge in [0.05, 0.1) is 17.5 Å². The predicted octanol–water partition coefficient (Wildman–Crippen LogP) is 2.34. The molecule has 0 saturated carbocycles. The summed E-state index contributed by atoms with van der Waals surface area (Å²) in [7, 11) is 0. The number of benzene rings is 1. The highest BCUT2D eigenvalue weighted by Crippen LogP contribution is 2.30. The third-order valence-corrected chi connectivity index (χ3v) is 1.99. The zero-order valence-corrected chi connectivity index (χ0v) is 8.91. The lowest BCUT2D eigenvalue weighted by Gasteiger charge is -2.08. The van der Waals surface area contributed by atoms with Crippen molar-refractivity contribution in [3.63, 3.8) is 0 Å². The molecule has 1 rings (SSSR count). The van der Waals surface area contributed by atoms with Crippen LogP contribution in [0.3, 0.4) is 0 Å². The zero-order chi connectivity index (χ0) is 13.8. The van der Waals surface area contributed by atoms with Gasteiger partial charge < -0.3 is 9.90 Å². The summed E-state index contributed by atoms with van der Waals surface area (Å²) in [4.78, 5) is 20.8. The Morgan fingerprint density at radius 1 is 1.39 bits per heavy atom. The van der Waals surface area contributed by atoms with E-state index in [4.69, 9.17) is 5.11 Å². The van der Waals surface area contributed by atoms with Crippen LogP contribution in [0.4, 0.5) is 13.2 Å². The number of carbonyl (C=O) groups is 2. The van der Waals surface area contributed by atoms with E-state index >= 15 is 0 Å². The number of aromatic carboxylic acids is 1. The molecule has 0 heterocycles. The quantitative estimate of drug-likeness (QED) is 0.652. The number of carboxylic acid groups (broad SMARTS) is 1. The van der Waals surface area contributed by atoms with E-state index in [1.807, 2.05) is 0 Å². The van der Waals surface area contributed by atoms with E-state index in [9.17, 15) is 22.8 Å². The molecule has 0 bridgehead atoms. The number of rotatable bonds is 2. The van der Waals surface area contributed by atoms with Crippen LogP contribution in [0.2, 0.25) is 0 Å². The van der Waals surface area contributed by atoms with Crippen LogP contribution in [0.15, 0.2) is 18.2 Å². The van der Waals surface area contributed by atoms with Gasteiger partial charge in [-0.15, -0.1) is 0 Å². The summed E-state index contributed by atoms with van der Waals surface area (Å²) in [6.07, 6.45) is -4.27. The Morgan fingerprint density at radius 3 is 2.56 bits per heavy atom. The average Bonchev–Trinajstić information content (AvgIpc) is 2.27. The summed E-state index contributed by atoms with van der Waals surface area (Å²) in [6, 6.07) is 2.17. The van der Waals surface area contributed by atoms with Gasteiger partial charge in [0.15, 0.2) is 0 Å². The van der Waals surface area contributed by atoms with Crippen molar-refractivity contribution in [1.82, 2.24) is 0 Å². The van der Waals surface area contributed by atoms with Crippen LogP contribution in [0.5, 0.6) is 0 Å². The van der Waals surface area contributed by atoms with E-state index in [2.05, 4.69) is 11.8 Å². The Balaban J connectivity index is 3.30. The zero-order valence-electron chi connectivity index (χ0n) is 8.91. The first-order valence-corrected chi connectivity index (χ1v) is 4.73. The van der Waals surface area contributed by atoms with Crippen LogP contribution in [0, 0.1) is 11.8 Å². The second-order valence-corrected chi connectivity index (χ2v) is 3.24. The van der Waals surface area contributed by atoms with Gasteiger partial charge >= 0.3 is 12.1 Å². The molecular formula is C12H7F3O3. The SMILES string of the molecule is O=CCC#Cc1cc(C(F)(F)F)ccc1C(=O)O. The molecule has 0 radical (unpaired) electrons. The minimum atomic E-state index is -4.57. The molecule has 94 valence electrons. The van der Waals surface area contributed by atoms with Crippen molar-refractivity contribution in [3.8, 4) is 11.8 Å². The number of halogens is 3. The molecule has 6 heteroatoms. The monoisotopic (exact) mass is 256 g/mol. The minimum Gasteiger partial charge on any atom is -0.478 e. The van der Waals surface area contributed by atoms with Crippen molar-refractivity contribution >= 4 is 12.3 Å². The Hall–Kier alpha value is -2.29. The van der Waals surface area contributed by atoms with Crippen molar-refractivity contribution < 1.29 is 27.9 Å². The largest absolute Gasteiger partial charge is 0.478 e. The Labute approximate surface area is 100 Å². The molecule has 0 unspecified atom stereocenters. The fourth-order valence-electron chi connectivity index (χ4n) is 1.20. The maximum atomic E-state index is 12.4. The second kappa shape index (κ2) is 5.36. The topological polar surface area (TPSA) is 54.4 Å². The van der Waals surface area contributed by atoms with E-state index < -0.39 is 17.7 Å². The maximum Gasteiger partial charge on any atom is 0.416 e. The molecule has 0 aliphatic carbocycles. The van der Waals surface area contributed by atoms with Gasteiger partial charge in [0.25, 0.3) is 0 Å². The molecule has 0 fully saturated rings. The van der Waals surface area contributed by atoms with E-state index in [-0.39, 0.29) is 17.5 Å². The lowest BCUT2D eigenvalue weighted by Crippen LogP contribution is -2.08. The Morgan fingerprint density at radius 2 is 2.06 bits per heavy atom. The predicted molar refractivity (Wildman–Crippen MR) is 56.0 cm³/mol. The third kappa shape index (κ3) is 3.35. The van der Waals surface area contributed by atoms with Gasteiger partial charge in [-0.25, -0.2) is 4.79 Å². The van der Waals surface area contributed by atoms with Gasteiger partial charge in [0.2, 0.25) is 0 Å². The lowest BCUT2D eigenvalue weighted by atomic mass is 10.0. The van der Waals surface area contributed by atoms with E-state index in [0.29, 0.717) is 18.4 Å². The molecule has 0 atom stereocenters. The van der Waals surface area contributed by atoms with E-state index in [1.165, 1.54) is 0 Å². The van der Waals surface area contributed by atoms with Gasteiger partial charge in [-0.2, -0.15) is 13.2 Å². The Kier molecular flexibility index (Phi) is 4.10. The lowest BCUT2D eigenvalue weighted by molar-refractivity contribution is -0.137. The first kappa shape index (κ1) is 13.8. The highest BCUT2D eigenvalue weighted by molar-refractivity contribution is 5.90. The summed E-state index contributed by atoms with van der Waals surface area (Å²) in [5, 5.41) is 8.80. The molecule has 3 nitrogen and oxygen atoms in total. The Bertz CT molecular complexity index is 536. The van der Waals surface area contributed by atoms with Crippen LogP contribution in [-0.2, 0) is 11.0 Å². The molecule has 1 aromatic carbocycles. The van der Waals surface area contributed by atoms with Gasteiger partial charge in [-0.05, 0) is 18.2 Å². The van der Waals surface area contributed by atoms with E-state index in [1.54, 1.807) is 0 Å². The summed E-state index contributed by atoms with van der Waals surface area (Å²) >= 11 is 0. The molecule has 18 heavy (non-hydrogen) atoms. The molecule has 0 amide bonds. The van der Waals surface area contributed by atoms with Crippen molar-refractivity contribution in [2.24, 2.45) is 0 Å². The molecule has 0 aromatic heterocycles. The third-order valence-electron chi connectivity index (χ3n) is 1.99. The standard InChI is InChI=1S/C12H7F3O3/c13-12(14,15)9-4-5-10(11(17)18)8(7-9)3-1-2-6-16/h4-7H,2H2,(H,17,18). The van der Waals surface area contributed by atoms with Crippen molar-refractivity contribution in [1.29, 1.82) is 0 Å². The number of hydrogen-bond acceptors (Lipinski definition) is 2. The van der Waals surface area contributed by atoms with E-state index in [0.717, 1.165) is 6.07 Å². The van der Waals surface area contributed by atoms with Crippen molar-refractivity contribution in [2.45, 2.75) is 12.6 Å². The highest BCUT2D eigenvalue weighted by Gasteiger charge is 2.31. The highest BCUT2D eigenvalue weighted by atomic mass is 19.4. The van der Waals surface area contributed by atoms with Gasteiger partial charge in [0.1, 0.15) is 6.29 Å². The fraction of sp³-hybridized carbons (Fsp3) is 0.167. The molecule has 1 aromatic rings. The number of alkyl halides is 3. The number of aldehydes is 1. The summed E-state index contributed by atoms with van der Waals surface area (Å²) in [5.41, 5.74) is -1.58. The van der Waals surface area contributed by atoms with Crippen molar-refractivity contribution in [2.75, 3.05) is 0 Å². The first-order valence-electron chi connectivity index (χ1n) is 4.73. The van der Waals surface area contributed by atoms with Gasteiger partial charge in [-0.3, -0.25) is 0 Å². The summed E-state index contributed by atoms with van der Waals surface area (Å²) < 4.78 is 37.3. The van der Waals surface area contributed by atoms with Crippen molar-refractivity contribution in [3.05, 3.63) is 34.9 Å². The normalized spacial score (nSPS) is 10.4. The van der Waals surface area contributed by atoms with Crippen LogP contribution < -0.4 is 0 Å². The molecule has 0 saturated heterocycles. The van der Waals surface area contributed by atoms with Crippen LogP contribution in [0.1, 0.15) is 27.9 Å². The number of hydrogen-bond donors (Lipinski definition) is 1. The molecule has 0 aliphatic heterocycles. The smallest absolute Gasteiger partial charge is 0.416 e. The summed E-state index contributed by atoms with van der Waals surface area (Å²) in [5.74, 6) is 3.15. The van der Waals surface area contributed by atoms with Crippen LogP contribution in [0.25, 0.3) is 0 Å². The maximum absolute atomic E-state index is 12.4. The van der Waals surface area contributed by atoms with Gasteiger partial charge in [0, 0.05) is 5.56 Å².